The smallest absolute Gasteiger partial charge is 0.321 e. The molecule has 1 aromatic rings. The average Bonchev–Trinajstić information content (AvgIpc) is 2.25. The molecule has 0 saturated heterocycles. The molecule has 0 aliphatic carbocycles. The Morgan fingerprint density at radius 3 is 1.89 bits per heavy atom. The molecule has 0 fully saturated rings. The fourth-order valence-electron chi connectivity index (χ4n) is 2.24. The van der Waals surface area contributed by atoms with Gasteiger partial charge in [-0.3, -0.25) is 14.7 Å². The van der Waals surface area contributed by atoms with Crippen molar-refractivity contribution in [3.8, 4) is 0 Å². The molecule has 6 nitrogen and oxygen atoms in total. The third kappa shape index (κ3) is 3.21. The van der Waals surface area contributed by atoms with Crippen LogP contribution in [-0.2, 0) is 4.57 Å². The van der Waals surface area contributed by atoms with Gasteiger partial charge in [0.15, 0.2) is 0 Å². The van der Waals surface area contributed by atoms with E-state index in [1.807, 2.05) is 0 Å². The first-order chi connectivity index (χ1) is 8.57. The standard InChI is InChI=1S/C12H18NO5P/c1-7(2)11-9(13(14)15)5-6-10(19(16,17)18)12(11)8(3)4/h5-8H,1-4H3,(H2,16,17,18). The first-order valence-corrected chi connectivity index (χ1v) is 7.55. The summed E-state index contributed by atoms with van der Waals surface area (Å²) in [5, 5.41) is 11.0. The van der Waals surface area contributed by atoms with Crippen LogP contribution in [0, 0.1) is 10.1 Å². The summed E-state index contributed by atoms with van der Waals surface area (Å²) in [4.78, 5) is 29.4. The van der Waals surface area contributed by atoms with E-state index >= 15 is 0 Å². The molecule has 0 aromatic heterocycles. The number of benzene rings is 1. The fraction of sp³-hybridized carbons (Fsp3) is 0.500. The van der Waals surface area contributed by atoms with Gasteiger partial charge in [0, 0.05) is 11.6 Å². The molecule has 106 valence electrons. The van der Waals surface area contributed by atoms with Gasteiger partial charge in [-0.25, -0.2) is 0 Å². The Morgan fingerprint density at radius 1 is 1.11 bits per heavy atom. The van der Waals surface area contributed by atoms with Crippen molar-refractivity contribution in [3.05, 3.63) is 33.4 Å². The normalized spacial score (nSPS) is 12.2. The lowest BCUT2D eigenvalue weighted by Gasteiger charge is -2.20. The quantitative estimate of drug-likeness (QED) is 0.503. The van der Waals surface area contributed by atoms with Crippen molar-refractivity contribution in [2.24, 2.45) is 0 Å². The third-order valence-corrected chi connectivity index (χ3v) is 3.92. The summed E-state index contributed by atoms with van der Waals surface area (Å²) in [6, 6.07) is 2.34. The molecule has 0 atom stereocenters. The maximum atomic E-state index is 11.5. The molecule has 0 spiro atoms. The third-order valence-electron chi connectivity index (χ3n) is 2.91. The highest BCUT2D eigenvalue weighted by atomic mass is 31.2. The van der Waals surface area contributed by atoms with Crippen molar-refractivity contribution < 1.29 is 19.3 Å². The lowest BCUT2D eigenvalue weighted by molar-refractivity contribution is -0.385. The van der Waals surface area contributed by atoms with Gasteiger partial charge in [0.2, 0.25) is 0 Å². The van der Waals surface area contributed by atoms with Crippen LogP contribution >= 0.6 is 7.60 Å². The van der Waals surface area contributed by atoms with Crippen LogP contribution in [0.5, 0.6) is 0 Å². The highest BCUT2D eigenvalue weighted by molar-refractivity contribution is 7.60. The molecule has 19 heavy (non-hydrogen) atoms. The molecule has 1 rings (SSSR count). The van der Waals surface area contributed by atoms with E-state index in [4.69, 9.17) is 0 Å². The van der Waals surface area contributed by atoms with E-state index in [1.54, 1.807) is 27.7 Å². The zero-order valence-electron chi connectivity index (χ0n) is 11.3. The molecule has 0 aliphatic heterocycles. The summed E-state index contributed by atoms with van der Waals surface area (Å²) in [5.41, 5.74) is 0.703. The van der Waals surface area contributed by atoms with Crippen molar-refractivity contribution in [2.75, 3.05) is 0 Å². The minimum atomic E-state index is -4.45. The van der Waals surface area contributed by atoms with E-state index in [2.05, 4.69) is 0 Å². The Bertz CT molecular complexity index is 547. The van der Waals surface area contributed by atoms with Crippen molar-refractivity contribution in [1.82, 2.24) is 0 Å². The highest BCUT2D eigenvalue weighted by Crippen LogP contribution is 2.42. The molecule has 0 heterocycles. The lowest BCUT2D eigenvalue weighted by atomic mass is 9.89. The number of hydrogen-bond acceptors (Lipinski definition) is 3. The Kier molecular flexibility index (Phi) is 4.50. The zero-order chi connectivity index (χ0) is 15.0. The van der Waals surface area contributed by atoms with E-state index in [0.29, 0.717) is 11.1 Å². The van der Waals surface area contributed by atoms with Gasteiger partial charge < -0.3 is 9.79 Å². The molecule has 1 aromatic carbocycles. The minimum absolute atomic E-state index is 0.0871. The second-order valence-electron chi connectivity index (χ2n) is 5.04. The summed E-state index contributed by atoms with van der Waals surface area (Å²) < 4.78 is 11.5. The second-order valence-corrected chi connectivity index (χ2v) is 6.61. The summed E-state index contributed by atoms with van der Waals surface area (Å²) in [5.74, 6) is -0.399. The van der Waals surface area contributed by atoms with Gasteiger partial charge in [0.1, 0.15) is 0 Å². The molecule has 7 heteroatoms. The molecule has 0 amide bonds. The summed E-state index contributed by atoms with van der Waals surface area (Å²) in [6.07, 6.45) is 0. The van der Waals surface area contributed by atoms with Crippen LogP contribution in [0.1, 0.15) is 50.7 Å². The van der Waals surface area contributed by atoms with Crippen LogP contribution in [0.3, 0.4) is 0 Å². The average molecular weight is 287 g/mol. The van der Waals surface area contributed by atoms with E-state index in [9.17, 15) is 24.5 Å². The molecular weight excluding hydrogens is 269 g/mol. The van der Waals surface area contributed by atoms with Crippen LogP contribution in [-0.4, -0.2) is 14.7 Å². The molecule has 0 bridgehead atoms. The van der Waals surface area contributed by atoms with E-state index < -0.39 is 12.5 Å². The van der Waals surface area contributed by atoms with Crippen molar-refractivity contribution >= 4 is 18.6 Å². The Balaban J connectivity index is 3.79. The molecule has 2 N–H and O–H groups in total. The minimum Gasteiger partial charge on any atom is -0.321 e. The van der Waals surface area contributed by atoms with Gasteiger partial charge in [-0.15, -0.1) is 0 Å². The summed E-state index contributed by atoms with van der Waals surface area (Å²) in [6.45, 7) is 7.09. The van der Waals surface area contributed by atoms with Gasteiger partial charge >= 0.3 is 7.60 Å². The molecule has 0 aliphatic rings. The zero-order valence-corrected chi connectivity index (χ0v) is 12.2. The predicted molar refractivity (Wildman–Crippen MR) is 73.0 cm³/mol. The predicted octanol–water partition coefficient (Wildman–Crippen LogP) is 2.64. The lowest BCUT2D eigenvalue weighted by Crippen LogP contribution is -2.17. The van der Waals surface area contributed by atoms with Crippen LogP contribution in [0.4, 0.5) is 5.69 Å². The summed E-state index contributed by atoms with van der Waals surface area (Å²) in [7, 11) is -4.45. The maximum absolute atomic E-state index is 11.5. The largest absolute Gasteiger partial charge is 0.356 e. The number of hydrogen-bond donors (Lipinski definition) is 2. The topological polar surface area (TPSA) is 101 Å². The Hall–Kier alpha value is -1.23. The molecule has 0 unspecified atom stereocenters. The fourth-order valence-corrected chi connectivity index (χ4v) is 3.20. The van der Waals surface area contributed by atoms with Crippen LogP contribution < -0.4 is 5.30 Å². The highest BCUT2D eigenvalue weighted by Gasteiger charge is 2.31. The Labute approximate surface area is 111 Å². The van der Waals surface area contributed by atoms with E-state index in [1.165, 1.54) is 12.1 Å². The van der Waals surface area contributed by atoms with Gasteiger partial charge in [-0.2, -0.15) is 0 Å². The number of nitro groups is 1. The van der Waals surface area contributed by atoms with Crippen LogP contribution in [0.2, 0.25) is 0 Å². The second kappa shape index (κ2) is 5.41. The maximum Gasteiger partial charge on any atom is 0.356 e. The van der Waals surface area contributed by atoms with E-state index in [-0.39, 0.29) is 22.8 Å². The van der Waals surface area contributed by atoms with Crippen molar-refractivity contribution in [1.29, 1.82) is 0 Å². The van der Waals surface area contributed by atoms with Gasteiger partial charge in [0.05, 0.1) is 10.2 Å². The number of nitrogens with zero attached hydrogens (tertiary/aromatic N) is 1. The molecule has 0 radical (unpaired) electrons. The number of rotatable bonds is 4. The van der Waals surface area contributed by atoms with Crippen molar-refractivity contribution in [3.63, 3.8) is 0 Å². The van der Waals surface area contributed by atoms with Gasteiger partial charge in [0.25, 0.3) is 5.69 Å². The molecule has 0 saturated carbocycles. The first kappa shape index (κ1) is 15.8. The van der Waals surface area contributed by atoms with E-state index in [0.717, 1.165) is 0 Å². The van der Waals surface area contributed by atoms with Crippen molar-refractivity contribution in [2.45, 2.75) is 39.5 Å². The monoisotopic (exact) mass is 287 g/mol. The molecular formula is C12H18NO5P. The first-order valence-electron chi connectivity index (χ1n) is 5.94. The van der Waals surface area contributed by atoms with Gasteiger partial charge in [-0.1, -0.05) is 27.7 Å². The van der Waals surface area contributed by atoms with Crippen LogP contribution in [0.15, 0.2) is 12.1 Å². The SMILES string of the molecule is CC(C)c1c([N+](=O)[O-])ccc(P(=O)(O)O)c1C(C)C. The van der Waals surface area contributed by atoms with Crippen LogP contribution in [0.25, 0.3) is 0 Å². The van der Waals surface area contributed by atoms with Gasteiger partial charge in [-0.05, 0) is 23.5 Å². The number of nitro benzene ring substituents is 1. The summed E-state index contributed by atoms with van der Waals surface area (Å²) >= 11 is 0. The Morgan fingerprint density at radius 2 is 1.58 bits per heavy atom.